The number of piperidine rings is 1. The van der Waals surface area contributed by atoms with Gasteiger partial charge in [-0.25, -0.2) is 0 Å². The van der Waals surface area contributed by atoms with Crippen LogP contribution < -0.4 is 9.64 Å². The van der Waals surface area contributed by atoms with E-state index in [2.05, 4.69) is 15.1 Å². The first-order valence-electron chi connectivity index (χ1n) is 10.4. The summed E-state index contributed by atoms with van der Waals surface area (Å²) in [5.74, 6) is 1.70. The van der Waals surface area contributed by atoms with Gasteiger partial charge < -0.3 is 14.5 Å². The highest BCUT2D eigenvalue weighted by atomic mass is 32.2. The van der Waals surface area contributed by atoms with Gasteiger partial charge in [-0.05, 0) is 52.2 Å². The quantitative estimate of drug-likeness (QED) is 0.612. The van der Waals surface area contributed by atoms with Gasteiger partial charge in [0.1, 0.15) is 5.75 Å². The number of para-hydroxylation sites is 2. The van der Waals surface area contributed by atoms with E-state index < -0.39 is 0 Å². The smallest absolute Gasteiger partial charge is 0.235 e. The summed E-state index contributed by atoms with van der Waals surface area (Å²) in [5, 5.41) is 9.47. The molecule has 0 radical (unpaired) electrons. The molecular formula is C21H31N5O2S. The largest absolute Gasteiger partial charge is 0.495 e. The summed E-state index contributed by atoms with van der Waals surface area (Å²) >= 11 is 1.45. The van der Waals surface area contributed by atoms with Crippen molar-refractivity contribution in [3.8, 4) is 11.4 Å². The van der Waals surface area contributed by atoms with Gasteiger partial charge in [0, 0.05) is 26.2 Å². The standard InChI is InChI=1S/C21H31N5O2S/c1-5-24(6-2)19(27)16(3)29-21-23-22-20(25-14-10-7-11-15-25)26(21)17-12-8-9-13-18(17)28-4/h8-9,12-13,16H,5-7,10-11,14-15H2,1-4H3. The normalized spacial score (nSPS) is 15.2. The lowest BCUT2D eigenvalue weighted by atomic mass is 10.1. The van der Waals surface area contributed by atoms with Crippen molar-refractivity contribution in [1.29, 1.82) is 0 Å². The molecule has 1 unspecified atom stereocenters. The molecule has 1 saturated heterocycles. The highest BCUT2D eigenvalue weighted by molar-refractivity contribution is 8.00. The number of anilines is 1. The number of carbonyl (C=O) groups is 1. The summed E-state index contributed by atoms with van der Waals surface area (Å²) in [4.78, 5) is 16.9. The third-order valence-electron chi connectivity index (χ3n) is 5.29. The van der Waals surface area contributed by atoms with Crippen LogP contribution in [0, 0.1) is 0 Å². The molecule has 8 heteroatoms. The molecule has 1 fully saturated rings. The van der Waals surface area contributed by atoms with Crippen LogP contribution in [0.5, 0.6) is 5.75 Å². The molecule has 3 rings (SSSR count). The highest BCUT2D eigenvalue weighted by Crippen LogP contribution is 2.34. The molecule has 0 aliphatic carbocycles. The molecule has 0 saturated carbocycles. The molecule has 158 valence electrons. The second-order valence-electron chi connectivity index (χ2n) is 7.11. The molecule has 0 spiro atoms. The molecule has 7 nitrogen and oxygen atoms in total. The summed E-state index contributed by atoms with van der Waals surface area (Å²) in [6, 6.07) is 7.88. The van der Waals surface area contributed by atoms with E-state index >= 15 is 0 Å². The number of ether oxygens (including phenoxy) is 1. The van der Waals surface area contributed by atoms with Crippen LogP contribution in [0.3, 0.4) is 0 Å². The first-order chi connectivity index (χ1) is 14.1. The Hall–Kier alpha value is -2.22. The number of nitrogens with zero attached hydrogens (tertiary/aromatic N) is 5. The van der Waals surface area contributed by atoms with Gasteiger partial charge in [0.05, 0.1) is 18.0 Å². The Morgan fingerprint density at radius 1 is 1.17 bits per heavy atom. The summed E-state index contributed by atoms with van der Waals surface area (Å²) in [6.45, 7) is 9.29. The van der Waals surface area contributed by atoms with E-state index in [1.165, 1.54) is 18.2 Å². The number of amides is 1. The zero-order valence-corrected chi connectivity index (χ0v) is 18.6. The maximum Gasteiger partial charge on any atom is 0.235 e. The number of thioether (sulfide) groups is 1. The van der Waals surface area contributed by atoms with Crippen LogP contribution in [0.4, 0.5) is 5.95 Å². The summed E-state index contributed by atoms with van der Waals surface area (Å²) < 4.78 is 7.66. The Morgan fingerprint density at radius 2 is 1.86 bits per heavy atom. The SMILES string of the molecule is CCN(CC)C(=O)C(C)Sc1nnc(N2CCCCC2)n1-c1ccccc1OC. The van der Waals surface area contributed by atoms with Crippen LogP contribution in [0.15, 0.2) is 29.4 Å². The van der Waals surface area contributed by atoms with Gasteiger partial charge in [0.25, 0.3) is 0 Å². The topological polar surface area (TPSA) is 63.5 Å². The maximum atomic E-state index is 12.8. The minimum Gasteiger partial charge on any atom is -0.495 e. The van der Waals surface area contributed by atoms with Gasteiger partial charge in [-0.2, -0.15) is 0 Å². The van der Waals surface area contributed by atoms with Crippen LogP contribution in [-0.2, 0) is 4.79 Å². The van der Waals surface area contributed by atoms with E-state index in [4.69, 9.17) is 4.74 Å². The maximum absolute atomic E-state index is 12.8. The lowest BCUT2D eigenvalue weighted by Gasteiger charge is -2.28. The molecule has 0 bridgehead atoms. The predicted octanol–water partition coefficient (Wildman–Crippen LogP) is 3.62. The first-order valence-corrected chi connectivity index (χ1v) is 11.3. The van der Waals surface area contributed by atoms with Crippen molar-refractivity contribution in [1.82, 2.24) is 19.7 Å². The van der Waals surface area contributed by atoms with Crippen molar-refractivity contribution in [2.45, 2.75) is 50.4 Å². The van der Waals surface area contributed by atoms with E-state index in [1.807, 2.05) is 54.5 Å². The Bertz CT molecular complexity index is 815. The molecule has 2 aromatic rings. The zero-order valence-electron chi connectivity index (χ0n) is 17.8. The van der Waals surface area contributed by atoms with Gasteiger partial charge in [0.2, 0.25) is 11.9 Å². The monoisotopic (exact) mass is 417 g/mol. The lowest BCUT2D eigenvalue weighted by molar-refractivity contribution is -0.129. The van der Waals surface area contributed by atoms with Crippen LogP contribution in [0.1, 0.15) is 40.0 Å². The molecule has 1 amide bonds. The van der Waals surface area contributed by atoms with Crippen LogP contribution in [-0.4, -0.2) is 64.1 Å². The Labute approximate surface area is 177 Å². The minimum absolute atomic E-state index is 0.120. The number of hydrogen-bond donors (Lipinski definition) is 0. The number of methoxy groups -OCH3 is 1. The predicted molar refractivity (Wildman–Crippen MR) is 117 cm³/mol. The number of hydrogen-bond acceptors (Lipinski definition) is 6. The second-order valence-corrected chi connectivity index (χ2v) is 8.42. The molecule has 29 heavy (non-hydrogen) atoms. The van der Waals surface area contributed by atoms with Gasteiger partial charge in [-0.1, -0.05) is 23.9 Å². The second kappa shape index (κ2) is 10.0. The third kappa shape index (κ3) is 4.69. The Balaban J connectivity index is 1.99. The molecule has 1 atom stereocenters. The fourth-order valence-electron chi connectivity index (χ4n) is 3.66. The zero-order chi connectivity index (χ0) is 20.8. The summed E-state index contributed by atoms with van der Waals surface area (Å²) in [6.07, 6.45) is 3.55. The number of benzene rings is 1. The molecule has 1 aromatic carbocycles. The number of aromatic nitrogens is 3. The molecule has 2 heterocycles. The molecule has 1 aromatic heterocycles. The Kier molecular flexibility index (Phi) is 7.41. The van der Waals surface area contributed by atoms with Crippen molar-refractivity contribution in [3.05, 3.63) is 24.3 Å². The summed E-state index contributed by atoms with van der Waals surface area (Å²) in [5.41, 5.74) is 0.894. The van der Waals surface area contributed by atoms with Crippen molar-refractivity contribution in [2.75, 3.05) is 38.2 Å². The average Bonchev–Trinajstić information content (AvgIpc) is 3.18. The van der Waals surface area contributed by atoms with E-state index in [0.29, 0.717) is 18.2 Å². The molecule has 0 N–H and O–H groups in total. The lowest BCUT2D eigenvalue weighted by Crippen LogP contribution is -2.36. The van der Waals surface area contributed by atoms with Gasteiger partial charge in [-0.3, -0.25) is 9.36 Å². The number of rotatable bonds is 8. The van der Waals surface area contributed by atoms with Gasteiger partial charge in [-0.15, -0.1) is 10.2 Å². The molecular weight excluding hydrogens is 386 g/mol. The highest BCUT2D eigenvalue weighted by Gasteiger charge is 2.27. The average molecular weight is 418 g/mol. The van der Waals surface area contributed by atoms with Crippen molar-refractivity contribution >= 4 is 23.6 Å². The summed E-state index contributed by atoms with van der Waals surface area (Å²) in [7, 11) is 1.67. The third-order valence-corrected chi connectivity index (χ3v) is 6.32. The van der Waals surface area contributed by atoms with E-state index in [9.17, 15) is 4.79 Å². The first kappa shape index (κ1) is 21.5. The van der Waals surface area contributed by atoms with Crippen molar-refractivity contribution < 1.29 is 9.53 Å². The van der Waals surface area contributed by atoms with Crippen LogP contribution in [0.2, 0.25) is 0 Å². The van der Waals surface area contributed by atoms with E-state index in [1.54, 1.807) is 7.11 Å². The van der Waals surface area contributed by atoms with Crippen LogP contribution >= 0.6 is 11.8 Å². The van der Waals surface area contributed by atoms with Gasteiger partial charge >= 0.3 is 0 Å². The van der Waals surface area contributed by atoms with Crippen LogP contribution in [0.25, 0.3) is 5.69 Å². The van der Waals surface area contributed by atoms with E-state index in [0.717, 1.165) is 43.3 Å². The van der Waals surface area contributed by atoms with Crippen molar-refractivity contribution in [2.24, 2.45) is 0 Å². The van der Waals surface area contributed by atoms with Crippen molar-refractivity contribution in [3.63, 3.8) is 0 Å². The minimum atomic E-state index is -0.248. The molecule has 1 aliphatic rings. The fraction of sp³-hybridized carbons (Fsp3) is 0.571. The molecule has 1 aliphatic heterocycles. The van der Waals surface area contributed by atoms with E-state index in [-0.39, 0.29) is 11.2 Å². The fourth-order valence-corrected chi connectivity index (χ4v) is 4.60. The van der Waals surface area contributed by atoms with Gasteiger partial charge in [0.15, 0.2) is 5.16 Å². The Morgan fingerprint density at radius 3 is 2.52 bits per heavy atom. The number of carbonyl (C=O) groups excluding carboxylic acids is 1.